The zero-order valence-corrected chi connectivity index (χ0v) is 11.7. The van der Waals surface area contributed by atoms with Crippen molar-refractivity contribution in [1.82, 2.24) is 0 Å². The molecule has 2 rings (SSSR count). The van der Waals surface area contributed by atoms with Gasteiger partial charge in [0.25, 0.3) is 0 Å². The highest BCUT2D eigenvalue weighted by Crippen LogP contribution is 2.28. The maximum absolute atomic E-state index is 10.8. The van der Waals surface area contributed by atoms with Crippen molar-refractivity contribution in [3.63, 3.8) is 0 Å². The van der Waals surface area contributed by atoms with Crippen LogP contribution in [0.15, 0.2) is 24.3 Å². The van der Waals surface area contributed by atoms with Crippen molar-refractivity contribution in [2.75, 3.05) is 5.32 Å². The molecular weight excluding hydrogens is 236 g/mol. The third-order valence-electron chi connectivity index (χ3n) is 4.13. The van der Waals surface area contributed by atoms with Crippen LogP contribution in [0.1, 0.15) is 44.6 Å². The topological polar surface area (TPSA) is 55.1 Å². The van der Waals surface area contributed by atoms with Gasteiger partial charge in [-0.05, 0) is 49.3 Å². The molecule has 0 aliphatic heterocycles. The molecule has 1 saturated carbocycles. The Morgan fingerprint density at radius 1 is 1.21 bits per heavy atom. The van der Waals surface area contributed by atoms with E-state index >= 15 is 0 Å². The number of amides is 1. The predicted molar refractivity (Wildman–Crippen MR) is 79.0 cm³/mol. The van der Waals surface area contributed by atoms with E-state index in [1.54, 1.807) is 0 Å². The molecule has 0 heterocycles. The van der Waals surface area contributed by atoms with E-state index in [9.17, 15) is 4.79 Å². The lowest BCUT2D eigenvalue weighted by atomic mass is 9.84. The van der Waals surface area contributed by atoms with Gasteiger partial charge in [-0.3, -0.25) is 4.79 Å². The van der Waals surface area contributed by atoms with Crippen LogP contribution in [0.3, 0.4) is 0 Å². The van der Waals surface area contributed by atoms with Crippen LogP contribution in [-0.2, 0) is 11.2 Å². The average Bonchev–Trinajstić information content (AvgIpc) is 2.41. The number of anilines is 1. The van der Waals surface area contributed by atoms with E-state index in [2.05, 4.69) is 12.2 Å². The van der Waals surface area contributed by atoms with Gasteiger partial charge in [0, 0.05) is 11.7 Å². The van der Waals surface area contributed by atoms with Crippen LogP contribution in [0.25, 0.3) is 0 Å². The number of carbonyl (C=O) groups is 1. The molecule has 0 atom stereocenters. The van der Waals surface area contributed by atoms with Crippen LogP contribution in [0.2, 0.25) is 0 Å². The maximum atomic E-state index is 10.8. The smallest absolute Gasteiger partial charge is 0.221 e. The quantitative estimate of drug-likeness (QED) is 0.854. The number of primary amides is 1. The third kappa shape index (κ3) is 4.27. The second kappa shape index (κ2) is 6.60. The number of rotatable bonds is 5. The van der Waals surface area contributed by atoms with E-state index in [1.807, 2.05) is 24.3 Å². The minimum atomic E-state index is -0.279. The first-order chi connectivity index (χ1) is 9.17. The van der Waals surface area contributed by atoms with Crippen molar-refractivity contribution in [1.29, 1.82) is 0 Å². The van der Waals surface area contributed by atoms with Gasteiger partial charge >= 0.3 is 0 Å². The lowest BCUT2D eigenvalue weighted by Gasteiger charge is -2.29. The molecule has 1 fully saturated rings. The molecule has 104 valence electrons. The van der Waals surface area contributed by atoms with Crippen LogP contribution in [-0.4, -0.2) is 11.9 Å². The fourth-order valence-electron chi connectivity index (χ4n) is 2.87. The molecule has 19 heavy (non-hydrogen) atoms. The molecule has 0 unspecified atom stereocenters. The normalized spacial score (nSPS) is 23.0. The summed E-state index contributed by atoms with van der Waals surface area (Å²) in [5.41, 5.74) is 7.31. The Labute approximate surface area is 115 Å². The van der Waals surface area contributed by atoms with E-state index in [0.717, 1.165) is 17.2 Å². The molecule has 0 radical (unpaired) electrons. The highest BCUT2D eigenvalue weighted by molar-refractivity contribution is 5.76. The molecule has 3 nitrogen and oxygen atoms in total. The first kappa shape index (κ1) is 13.9. The van der Waals surface area contributed by atoms with Gasteiger partial charge in [0.1, 0.15) is 0 Å². The number of nitrogens with one attached hydrogen (secondary N) is 1. The summed E-state index contributed by atoms with van der Waals surface area (Å²) < 4.78 is 0. The third-order valence-corrected chi connectivity index (χ3v) is 4.13. The van der Waals surface area contributed by atoms with Crippen molar-refractivity contribution in [2.24, 2.45) is 11.7 Å². The Balaban J connectivity index is 1.84. The largest absolute Gasteiger partial charge is 0.382 e. The van der Waals surface area contributed by atoms with Gasteiger partial charge in [-0.2, -0.15) is 0 Å². The summed E-state index contributed by atoms with van der Waals surface area (Å²) in [5.74, 6) is 0.648. The Hall–Kier alpha value is -1.51. The van der Waals surface area contributed by atoms with E-state index in [0.29, 0.717) is 12.5 Å². The average molecular weight is 260 g/mol. The zero-order chi connectivity index (χ0) is 13.7. The molecule has 1 aromatic carbocycles. The van der Waals surface area contributed by atoms with E-state index in [-0.39, 0.29) is 5.91 Å². The molecule has 1 aromatic rings. The van der Waals surface area contributed by atoms with Gasteiger partial charge in [0.05, 0.1) is 6.42 Å². The van der Waals surface area contributed by atoms with E-state index in [1.165, 1.54) is 32.1 Å². The highest BCUT2D eigenvalue weighted by Gasteiger charge is 2.19. The molecule has 0 saturated heterocycles. The number of hydrogen-bond acceptors (Lipinski definition) is 2. The number of carbonyl (C=O) groups excluding carboxylic acids is 1. The van der Waals surface area contributed by atoms with Crippen molar-refractivity contribution in [2.45, 2.75) is 51.5 Å². The summed E-state index contributed by atoms with van der Waals surface area (Å²) >= 11 is 0. The lowest BCUT2D eigenvalue weighted by Crippen LogP contribution is -2.25. The van der Waals surface area contributed by atoms with Gasteiger partial charge < -0.3 is 11.1 Å². The zero-order valence-electron chi connectivity index (χ0n) is 11.7. The summed E-state index contributed by atoms with van der Waals surface area (Å²) in [6, 6.07) is 8.65. The number of hydrogen-bond donors (Lipinski definition) is 2. The second-order valence-electron chi connectivity index (χ2n) is 5.61. The van der Waals surface area contributed by atoms with E-state index in [4.69, 9.17) is 5.73 Å². The summed E-state index contributed by atoms with van der Waals surface area (Å²) in [6.45, 7) is 2.29. The molecule has 3 N–H and O–H groups in total. The van der Waals surface area contributed by atoms with E-state index < -0.39 is 0 Å². The monoisotopic (exact) mass is 260 g/mol. The predicted octanol–water partition coefficient (Wildman–Crippen LogP) is 3.10. The van der Waals surface area contributed by atoms with Crippen molar-refractivity contribution in [3.05, 3.63) is 29.8 Å². The molecule has 0 spiro atoms. The number of benzene rings is 1. The molecule has 0 bridgehead atoms. The Bertz CT molecular complexity index is 405. The minimum Gasteiger partial charge on any atom is -0.382 e. The molecule has 0 aromatic heterocycles. The SMILES string of the molecule is CCC1CCC(Nc2ccc(CC(N)=O)cc2)CC1. The van der Waals surface area contributed by atoms with Crippen molar-refractivity contribution >= 4 is 11.6 Å². The van der Waals surface area contributed by atoms with Crippen molar-refractivity contribution in [3.8, 4) is 0 Å². The standard InChI is InChI=1S/C16H24N2O/c1-2-12-3-7-14(8-4-12)18-15-9-5-13(6-10-15)11-16(17)19/h5-6,9-10,12,14,18H,2-4,7-8,11H2,1H3,(H2,17,19). The fraction of sp³-hybridized carbons (Fsp3) is 0.562. The summed E-state index contributed by atoms with van der Waals surface area (Å²) in [6.07, 6.45) is 6.85. The van der Waals surface area contributed by atoms with Crippen LogP contribution >= 0.6 is 0 Å². The van der Waals surface area contributed by atoms with Crippen LogP contribution in [0.5, 0.6) is 0 Å². The minimum absolute atomic E-state index is 0.279. The maximum Gasteiger partial charge on any atom is 0.221 e. The summed E-state index contributed by atoms with van der Waals surface area (Å²) in [4.78, 5) is 10.8. The van der Waals surface area contributed by atoms with Crippen LogP contribution in [0, 0.1) is 5.92 Å². The van der Waals surface area contributed by atoms with Gasteiger partial charge in [0.2, 0.25) is 5.91 Å². The first-order valence-corrected chi connectivity index (χ1v) is 7.31. The molecule has 1 aliphatic carbocycles. The first-order valence-electron chi connectivity index (χ1n) is 7.31. The van der Waals surface area contributed by atoms with Gasteiger partial charge in [0.15, 0.2) is 0 Å². The second-order valence-corrected chi connectivity index (χ2v) is 5.61. The molecule has 1 aliphatic rings. The molecule has 3 heteroatoms. The summed E-state index contributed by atoms with van der Waals surface area (Å²) in [7, 11) is 0. The Morgan fingerprint density at radius 2 is 1.84 bits per heavy atom. The Kier molecular flexibility index (Phi) is 4.83. The Morgan fingerprint density at radius 3 is 2.37 bits per heavy atom. The highest BCUT2D eigenvalue weighted by atomic mass is 16.1. The molecular formula is C16H24N2O. The number of nitrogens with two attached hydrogens (primary N) is 1. The van der Waals surface area contributed by atoms with Crippen molar-refractivity contribution < 1.29 is 4.79 Å². The van der Waals surface area contributed by atoms with Gasteiger partial charge in [-0.15, -0.1) is 0 Å². The van der Waals surface area contributed by atoms with Gasteiger partial charge in [-0.25, -0.2) is 0 Å². The van der Waals surface area contributed by atoms with Gasteiger partial charge in [-0.1, -0.05) is 25.5 Å². The lowest BCUT2D eigenvalue weighted by molar-refractivity contribution is -0.117. The van der Waals surface area contributed by atoms with Crippen LogP contribution in [0.4, 0.5) is 5.69 Å². The van der Waals surface area contributed by atoms with Crippen LogP contribution < -0.4 is 11.1 Å². The fourth-order valence-corrected chi connectivity index (χ4v) is 2.87. The molecule has 1 amide bonds. The summed E-state index contributed by atoms with van der Waals surface area (Å²) in [5, 5.41) is 3.59.